The van der Waals surface area contributed by atoms with Gasteiger partial charge in [0, 0.05) is 12.3 Å². The van der Waals surface area contributed by atoms with Gasteiger partial charge in [-0.25, -0.2) is 18.7 Å². The molecule has 2 atom stereocenters. The van der Waals surface area contributed by atoms with Crippen LogP contribution in [0, 0.1) is 17.6 Å². The lowest BCUT2D eigenvalue weighted by Gasteiger charge is -2.25. The minimum atomic E-state index is -4.81. The van der Waals surface area contributed by atoms with Crippen molar-refractivity contribution in [1.82, 2.24) is 19.9 Å². The van der Waals surface area contributed by atoms with Gasteiger partial charge in [-0.2, -0.15) is 13.2 Å². The minimum Gasteiger partial charge on any atom is -0.391 e. The average molecular weight is 525 g/mol. The first-order valence-corrected chi connectivity index (χ1v) is 11.0. The molecular formula is C23H20F5N5O4. The summed E-state index contributed by atoms with van der Waals surface area (Å²) in [5.74, 6) is -5.77. The molecule has 4 heterocycles. The molecule has 0 saturated carbocycles. The Morgan fingerprint density at radius 2 is 1.92 bits per heavy atom. The highest BCUT2D eigenvalue weighted by atomic mass is 19.4. The molecule has 1 aliphatic heterocycles. The predicted octanol–water partition coefficient (Wildman–Crippen LogP) is 2.47. The van der Waals surface area contributed by atoms with E-state index in [4.69, 9.17) is 0 Å². The fourth-order valence-electron chi connectivity index (χ4n) is 4.01. The lowest BCUT2D eigenvalue weighted by Crippen LogP contribution is -2.49. The quantitative estimate of drug-likeness (QED) is 0.495. The van der Waals surface area contributed by atoms with E-state index in [2.05, 4.69) is 9.97 Å². The van der Waals surface area contributed by atoms with E-state index in [1.165, 1.54) is 19.9 Å². The number of aromatic nitrogens is 3. The number of halogens is 5. The summed E-state index contributed by atoms with van der Waals surface area (Å²) in [7, 11) is 0. The normalized spacial score (nSPS) is 17.1. The molecular weight excluding hydrogens is 505 g/mol. The fraction of sp³-hybridized carbons (Fsp3) is 0.348. The van der Waals surface area contributed by atoms with Crippen LogP contribution in [0.4, 0.5) is 27.8 Å². The monoisotopic (exact) mass is 525 g/mol. The second-order valence-corrected chi connectivity index (χ2v) is 8.84. The topological polar surface area (TPSA) is 117 Å². The van der Waals surface area contributed by atoms with Gasteiger partial charge in [0.05, 0.1) is 30.7 Å². The Morgan fingerprint density at radius 3 is 2.49 bits per heavy atom. The summed E-state index contributed by atoms with van der Waals surface area (Å²) in [6.45, 7) is 2.37. The smallest absolute Gasteiger partial charge is 0.391 e. The molecule has 3 aromatic rings. The second-order valence-electron chi connectivity index (χ2n) is 8.84. The van der Waals surface area contributed by atoms with Gasteiger partial charge >= 0.3 is 6.18 Å². The summed E-state index contributed by atoms with van der Waals surface area (Å²) in [5.41, 5.74) is -2.08. The van der Waals surface area contributed by atoms with Crippen LogP contribution in [-0.4, -0.2) is 56.3 Å². The number of nitrogens with zero attached hydrogens (tertiary/aromatic N) is 4. The van der Waals surface area contributed by atoms with Crippen molar-refractivity contribution in [2.24, 2.45) is 5.92 Å². The van der Waals surface area contributed by atoms with Crippen molar-refractivity contribution in [2.45, 2.75) is 38.6 Å². The number of aliphatic hydroxyl groups excluding tert-OH is 1. The third-order valence-electron chi connectivity index (χ3n) is 5.78. The third kappa shape index (κ3) is 5.01. The highest BCUT2D eigenvalue weighted by Gasteiger charge is 2.43. The molecule has 14 heteroatoms. The van der Waals surface area contributed by atoms with Gasteiger partial charge in [-0.05, 0) is 18.1 Å². The van der Waals surface area contributed by atoms with E-state index < -0.39 is 64.5 Å². The van der Waals surface area contributed by atoms with Crippen LogP contribution >= 0.6 is 0 Å². The Balaban J connectivity index is 1.92. The van der Waals surface area contributed by atoms with Gasteiger partial charge in [0.2, 0.25) is 11.3 Å². The fourth-order valence-corrected chi connectivity index (χ4v) is 4.01. The summed E-state index contributed by atoms with van der Waals surface area (Å²) < 4.78 is 69.3. The van der Waals surface area contributed by atoms with Crippen molar-refractivity contribution >= 4 is 28.7 Å². The van der Waals surface area contributed by atoms with Crippen LogP contribution in [0.25, 0.3) is 16.9 Å². The Bertz CT molecular complexity index is 1460. The Hall–Kier alpha value is -3.94. The lowest BCUT2D eigenvalue weighted by molar-refractivity contribution is -0.162. The zero-order valence-electron chi connectivity index (χ0n) is 19.4. The number of amides is 2. The van der Waals surface area contributed by atoms with Gasteiger partial charge in [0.1, 0.15) is 23.2 Å². The molecule has 1 aliphatic rings. The van der Waals surface area contributed by atoms with E-state index in [0.29, 0.717) is 12.3 Å². The van der Waals surface area contributed by atoms with Gasteiger partial charge in [0.25, 0.3) is 5.91 Å². The molecule has 0 radical (unpaired) electrons. The third-order valence-corrected chi connectivity index (χ3v) is 5.78. The SMILES string of the molecule is CC(C)C(NC(=O)c1cn(-c2ncc(F)cc2F)c2nc(N3C[C@@H](O)CC3=O)ccc2c1=O)C(F)(F)F. The molecule has 0 spiro atoms. The van der Waals surface area contributed by atoms with Crippen molar-refractivity contribution in [3.8, 4) is 5.82 Å². The molecule has 4 rings (SSSR count). The first kappa shape index (κ1) is 26.1. The molecule has 2 N–H and O–H groups in total. The average Bonchev–Trinajstić information content (AvgIpc) is 3.14. The van der Waals surface area contributed by atoms with Crippen molar-refractivity contribution < 1.29 is 36.6 Å². The maximum absolute atomic E-state index is 14.7. The highest BCUT2D eigenvalue weighted by Crippen LogP contribution is 2.27. The molecule has 1 saturated heterocycles. The second kappa shape index (κ2) is 9.50. The van der Waals surface area contributed by atoms with Crippen molar-refractivity contribution in [3.63, 3.8) is 0 Å². The molecule has 37 heavy (non-hydrogen) atoms. The van der Waals surface area contributed by atoms with Crippen LogP contribution < -0.4 is 15.6 Å². The molecule has 3 aromatic heterocycles. The van der Waals surface area contributed by atoms with Crippen LogP contribution in [-0.2, 0) is 4.79 Å². The van der Waals surface area contributed by atoms with E-state index >= 15 is 0 Å². The van der Waals surface area contributed by atoms with Crippen molar-refractivity contribution in [2.75, 3.05) is 11.4 Å². The van der Waals surface area contributed by atoms with Crippen LogP contribution in [0.15, 0.2) is 35.4 Å². The van der Waals surface area contributed by atoms with Crippen molar-refractivity contribution in [3.05, 3.63) is 58.0 Å². The van der Waals surface area contributed by atoms with Crippen LogP contribution in [0.1, 0.15) is 30.6 Å². The summed E-state index contributed by atoms with van der Waals surface area (Å²) in [6, 6.07) is 0.606. The van der Waals surface area contributed by atoms with Gasteiger partial charge in [-0.3, -0.25) is 23.9 Å². The van der Waals surface area contributed by atoms with E-state index in [1.807, 2.05) is 0 Å². The molecule has 1 unspecified atom stereocenters. The van der Waals surface area contributed by atoms with E-state index in [-0.39, 0.29) is 29.8 Å². The summed E-state index contributed by atoms with van der Waals surface area (Å²) >= 11 is 0. The number of rotatable bonds is 5. The minimum absolute atomic E-state index is 0.0149. The number of carbonyl (C=O) groups excluding carboxylic acids is 2. The van der Waals surface area contributed by atoms with Gasteiger partial charge < -0.3 is 10.4 Å². The van der Waals surface area contributed by atoms with Gasteiger partial charge in [-0.1, -0.05) is 13.8 Å². The Morgan fingerprint density at radius 1 is 1.22 bits per heavy atom. The maximum atomic E-state index is 14.7. The number of pyridine rings is 3. The largest absolute Gasteiger partial charge is 0.408 e. The van der Waals surface area contributed by atoms with E-state index in [1.54, 1.807) is 5.32 Å². The summed E-state index contributed by atoms with van der Waals surface area (Å²) in [5, 5.41) is 11.3. The number of carbonyl (C=O) groups is 2. The molecule has 1 fully saturated rings. The molecule has 0 bridgehead atoms. The zero-order chi connectivity index (χ0) is 27.2. The number of alkyl halides is 3. The maximum Gasteiger partial charge on any atom is 0.408 e. The van der Waals surface area contributed by atoms with E-state index in [0.717, 1.165) is 21.7 Å². The van der Waals surface area contributed by atoms with Gasteiger partial charge in [0.15, 0.2) is 17.3 Å². The first-order chi connectivity index (χ1) is 17.3. The number of anilines is 1. The van der Waals surface area contributed by atoms with Crippen LogP contribution in [0.5, 0.6) is 0 Å². The number of β-amino-alcohol motifs (C(OH)–C–C–N with tert-alkyl or cyclic N) is 1. The van der Waals surface area contributed by atoms with Crippen LogP contribution in [0.3, 0.4) is 0 Å². The number of fused-ring (bicyclic) bond motifs is 1. The number of aliphatic hydroxyl groups is 1. The molecule has 0 aromatic carbocycles. The summed E-state index contributed by atoms with van der Waals surface area (Å²) in [4.78, 5) is 47.2. The molecule has 0 aliphatic carbocycles. The number of hydrogen-bond donors (Lipinski definition) is 2. The summed E-state index contributed by atoms with van der Waals surface area (Å²) in [6.07, 6.45) is -4.53. The van der Waals surface area contributed by atoms with E-state index in [9.17, 15) is 41.4 Å². The Kier molecular flexibility index (Phi) is 6.71. The zero-order valence-corrected chi connectivity index (χ0v) is 19.4. The highest BCUT2D eigenvalue weighted by molar-refractivity contribution is 5.99. The predicted molar refractivity (Wildman–Crippen MR) is 120 cm³/mol. The van der Waals surface area contributed by atoms with Crippen LogP contribution in [0.2, 0.25) is 0 Å². The lowest BCUT2D eigenvalue weighted by atomic mass is 10.0. The number of hydrogen-bond acceptors (Lipinski definition) is 6. The Labute approximate surface area is 205 Å². The standard InChI is InChI=1S/C23H20F5N5O4/c1-10(2)19(23(26,27)28)31-22(37)14-9-33(21-15(25)5-11(24)7-29-21)20-13(18(14)36)3-4-16(30-20)32-8-12(34)6-17(32)35/h3-5,7,9-10,12,19,34H,6,8H2,1-2H3,(H,31,37)/t12-,19?/m0/s1. The first-order valence-electron chi connectivity index (χ1n) is 11.0. The molecule has 196 valence electrons. The van der Waals surface area contributed by atoms with Gasteiger partial charge in [-0.15, -0.1) is 0 Å². The molecule has 2 amide bonds. The molecule has 9 nitrogen and oxygen atoms in total. The number of nitrogens with one attached hydrogen (secondary N) is 1. The van der Waals surface area contributed by atoms with Crippen molar-refractivity contribution in [1.29, 1.82) is 0 Å².